The maximum atomic E-state index is 13.9. The van der Waals surface area contributed by atoms with Crippen molar-refractivity contribution in [2.45, 2.75) is 6.92 Å². The largest absolute Gasteiger partial charge is 0.353 e. The summed E-state index contributed by atoms with van der Waals surface area (Å²) in [5.74, 6) is 0.163. The van der Waals surface area contributed by atoms with Crippen LogP contribution in [0, 0.1) is 12.7 Å². The summed E-state index contributed by atoms with van der Waals surface area (Å²) in [7, 11) is 0. The Balaban J connectivity index is 1.66. The molecule has 0 aliphatic carbocycles. The van der Waals surface area contributed by atoms with Crippen LogP contribution in [0.2, 0.25) is 0 Å². The number of hydrogen-bond donors (Lipinski definition) is 0. The number of anilines is 1. The van der Waals surface area contributed by atoms with Gasteiger partial charge < -0.3 is 9.80 Å². The molecule has 0 spiro atoms. The molecule has 1 aliphatic rings. The second kappa shape index (κ2) is 6.66. The molecule has 0 unspecified atom stereocenters. The SMILES string of the molecule is Cc1ccc(N2CCN(C(=O)c3ccc(Br)cc3F)CC2)nc1. The van der Waals surface area contributed by atoms with Gasteiger partial charge in [-0.15, -0.1) is 0 Å². The van der Waals surface area contributed by atoms with Crippen molar-refractivity contribution in [2.75, 3.05) is 31.1 Å². The van der Waals surface area contributed by atoms with Crippen LogP contribution in [0.25, 0.3) is 0 Å². The Morgan fingerprint density at radius 2 is 1.91 bits per heavy atom. The molecule has 4 nitrogen and oxygen atoms in total. The van der Waals surface area contributed by atoms with Crippen molar-refractivity contribution in [2.24, 2.45) is 0 Å². The minimum Gasteiger partial charge on any atom is -0.353 e. The maximum Gasteiger partial charge on any atom is 0.256 e. The van der Waals surface area contributed by atoms with Gasteiger partial charge in [-0.2, -0.15) is 0 Å². The molecule has 3 rings (SSSR count). The van der Waals surface area contributed by atoms with Crippen molar-refractivity contribution >= 4 is 27.7 Å². The molecule has 0 saturated carbocycles. The highest BCUT2D eigenvalue weighted by Gasteiger charge is 2.24. The number of aryl methyl sites for hydroxylation is 1. The van der Waals surface area contributed by atoms with Crippen LogP contribution in [0.1, 0.15) is 15.9 Å². The van der Waals surface area contributed by atoms with Gasteiger partial charge in [0.05, 0.1) is 5.56 Å². The summed E-state index contributed by atoms with van der Waals surface area (Å²) in [4.78, 5) is 20.7. The lowest BCUT2D eigenvalue weighted by Gasteiger charge is -2.35. The Morgan fingerprint density at radius 1 is 1.17 bits per heavy atom. The monoisotopic (exact) mass is 377 g/mol. The first-order valence-corrected chi connectivity index (χ1v) is 8.26. The van der Waals surface area contributed by atoms with E-state index in [0.29, 0.717) is 30.7 Å². The predicted molar refractivity (Wildman–Crippen MR) is 91.2 cm³/mol. The molecule has 1 aliphatic heterocycles. The second-order valence-electron chi connectivity index (χ2n) is 5.60. The predicted octanol–water partition coefficient (Wildman–Crippen LogP) is 3.25. The highest BCUT2D eigenvalue weighted by Crippen LogP contribution is 2.19. The Hall–Kier alpha value is -1.95. The van der Waals surface area contributed by atoms with E-state index in [0.717, 1.165) is 11.4 Å². The fourth-order valence-electron chi connectivity index (χ4n) is 2.62. The number of halogens is 2. The Morgan fingerprint density at radius 3 is 2.52 bits per heavy atom. The molecule has 120 valence electrons. The van der Waals surface area contributed by atoms with Crippen molar-refractivity contribution in [3.05, 3.63) is 57.9 Å². The first-order valence-electron chi connectivity index (χ1n) is 7.46. The third kappa shape index (κ3) is 3.52. The lowest BCUT2D eigenvalue weighted by atomic mass is 10.1. The van der Waals surface area contributed by atoms with Crippen molar-refractivity contribution in [3.63, 3.8) is 0 Å². The van der Waals surface area contributed by atoms with Gasteiger partial charge in [0, 0.05) is 36.8 Å². The summed E-state index contributed by atoms with van der Waals surface area (Å²) in [5.41, 5.74) is 1.24. The van der Waals surface area contributed by atoms with Gasteiger partial charge >= 0.3 is 0 Å². The third-order valence-electron chi connectivity index (χ3n) is 3.95. The van der Waals surface area contributed by atoms with E-state index in [1.165, 1.54) is 12.1 Å². The van der Waals surface area contributed by atoms with E-state index in [4.69, 9.17) is 0 Å². The molecule has 1 aromatic carbocycles. The zero-order chi connectivity index (χ0) is 16.4. The Bertz CT molecular complexity index is 712. The van der Waals surface area contributed by atoms with Crippen molar-refractivity contribution in [1.29, 1.82) is 0 Å². The van der Waals surface area contributed by atoms with Gasteiger partial charge in [0.25, 0.3) is 5.91 Å². The number of carbonyl (C=O) groups excluding carboxylic acids is 1. The summed E-state index contributed by atoms with van der Waals surface area (Å²) in [5, 5.41) is 0. The molecular weight excluding hydrogens is 361 g/mol. The minimum atomic E-state index is -0.494. The molecule has 1 aromatic heterocycles. The molecule has 23 heavy (non-hydrogen) atoms. The molecule has 1 saturated heterocycles. The third-order valence-corrected chi connectivity index (χ3v) is 4.44. The fraction of sp³-hybridized carbons (Fsp3) is 0.294. The standard InChI is InChI=1S/C17H17BrFN3O/c1-12-2-5-16(20-11-12)21-6-8-22(9-7-21)17(23)14-4-3-13(18)10-15(14)19/h2-5,10-11H,6-9H2,1H3. The number of pyridine rings is 1. The van der Waals surface area contributed by atoms with Crippen LogP contribution in [0.4, 0.5) is 10.2 Å². The fourth-order valence-corrected chi connectivity index (χ4v) is 2.95. The highest BCUT2D eigenvalue weighted by molar-refractivity contribution is 9.10. The molecule has 6 heteroatoms. The van der Waals surface area contributed by atoms with Crippen LogP contribution in [-0.4, -0.2) is 42.0 Å². The lowest BCUT2D eigenvalue weighted by Crippen LogP contribution is -2.49. The molecule has 0 radical (unpaired) electrons. The first-order chi connectivity index (χ1) is 11.0. The van der Waals surface area contributed by atoms with E-state index in [-0.39, 0.29) is 11.5 Å². The first kappa shape index (κ1) is 15.9. The van der Waals surface area contributed by atoms with Gasteiger partial charge in [0.2, 0.25) is 0 Å². The van der Waals surface area contributed by atoms with E-state index in [1.807, 2.05) is 25.3 Å². The van der Waals surface area contributed by atoms with Crippen molar-refractivity contribution in [1.82, 2.24) is 9.88 Å². The molecule has 0 bridgehead atoms. The average molecular weight is 378 g/mol. The number of carbonyl (C=O) groups is 1. The number of nitrogens with zero attached hydrogens (tertiary/aromatic N) is 3. The normalized spacial score (nSPS) is 14.9. The molecule has 1 amide bonds. The van der Waals surface area contributed by atoms with Crippen LogP contribution in [0.5, 0.6) is 0 Å². The summed E-state index contributed by atoms with van der Waals surface area (Å²) in [6, 6.07) is 8.54. The maximum absolute atomic E-state index is 13.9. The second-order valence-corrected chi connectivity index (χ2v) is 6.51. The van der Waals surface area contributed by atoms with E-state index in [2.05, 4.69) is 25.8 Å². The van der Waals surface area contributed by atoms with Gasteiger partial charge in [0.1, 0.15) is 11.6 Å². The number of amides is 1. The van der Waals surface area contributed by atoms with Gasteiger partial charge in [0.15, 0.2) is 0 Å². The topological polar surface area (TPSA) is 36.4 Å². The van der Waals surface area contributed by atoms with Gasteiger partial charge in [-0.3, -0.25) is 4.79 Å². The van der Waals surface area contributed by atoms with Crippen LogP contribution < -0.4 is 4.90 Å². The van der Waals surface area contributed by atoms with Crippen LogP contribution >= 0.6 is 15.9 Å². The molecular formula is C17H17BrFN3O. The molecule has 1 fully saturated rings. The number of benzene rings is 1. The number of rotatable bonds is 2. The van der Waals surface area contributed by atoms with Crippen molar-refractivity contribution in [3.8, 4) is 0 Å². The zero-order valence-electron chi connectivity index (χ0n) is 12.8. The van der Waals surface area contributed by atoms with E-state index >= 15 is 0 Å². The van der Waals surface area contributed by atoms with Crippen LogP contribution in [0.3, 0.4) is 0 Å². The summed E-state index contributed by atoms with van der Waals surface area (Å²) in [6.07, 6.45) is 1.84. The molecule has 2 heterocycles. The lowest BCUT2D eigenvalue weighted by molar-refractivity contribution is 0.0742. The van der Waals surface area contributed by atoms with Crippen molar-refractivity contribution < 1.29 is 9.18 Å². The molecule has 0 N–H and O–H groups in total. The Labute approximate surface area is 143 Å². The van der Waals surface area contributed by atoms with Gasteiger partial charge in [-0.25, -0.2) is 9.37 Å². The molecule has 2 aromatic rings. The molecule has 0 atom stereocenters. The Kier molecular flexibility index (Phi) is 4.61. The van der Waals surface area contributed by atoms with Gasteiger partial charge in [-0.05, 0) is 36.8 Å². The highest BCUT2D eigenvalue weighted by atomic mass is 79.9. The van der Waals surface area contributed by atoms with E-state index in [9.17, 15) is 9.18 Å². The quantitative estimate of drug-likeness (QED) is 0.805. The van der Waals surface area contributed by atoms with Crippen LogP contribution in [-0.2, 0) is 0 Å². The summed E-state index contributed by atoms with van der Waals surface area (Å²) >= 11 is 3.20. The van der Waals surface area contributed by atoms with E-state index < -0.39 is 5.82 Å². The van der Waals surface area contributed by atoms with Gasteiger partial charge in [-0.1, -0.05) is 22.0 Å². The van der Waals surface area contributed by atoms with E-state index in [1.54, 1.807) is 11.0 Å². The number of hydrogen-bond acceptors (Lipinski definition) is 3. The van der Waals surface area contributed by atoms with Crippen LogP contribution in [0.15, 0.2) is 41.0 Å². The summed E-state index contributed by atoms with van der Waals surface area (Å²) < 4.78 is 14.6. The number of piperazine rings is 1. The zero-order valence-corrected chi connectivity index (χ0v) is 14.4. The smallest absolute Gasteiger partial charge is 0.256 e. The minimum absolute atomic E-state index is 0.120. The average Bonchev–Trinajstić information content (AvgIpc) is 2.55. The number of aromatic nitrogens is 1. The summed E-state index contributed by atoms with van der Waals surface area (Å²) in [6.45, 7) is 4.51.